The highest BCUT2D eigenvalue weighted by molar-refractivity contribution is 8.21. The molecule has 0 N–H and O–H groups in total. The number of nitrogens with zero attached hydrogens (tertiary/aromatic N) is 2. The number of allylic oxidation sites excluding steroid dienone is 1. The van der Waals surface area contributed by atoms with Gasteiger partial charge in [0.15, 0.2) is 5.58 Å². The van der Waals surface area contributed by atoms with Crippen molar-refractivity contribution in [3.05, 3.63) is 34.4 Å². The van der Waals surface area contributed by atoms with Crippen LogP contribution in [0.4, 0.5) is 0 Å². The van der Waals surface area contributed by atoms with Crippen molar-refractivity contribution >= 4 is 40.2 Å². The largest absolute Gasteiger partial charge is 0.435 e. The van der Waals surface area contributed by atoms with E-state index in [9.17, 15) is 5.26 Å². The van der Waals surface area contributed by atoms with Crippen LogP contribution in [0.15, 0.2) is 32.9 Å². The van der Waals surface area contributed by atoms with Gasteiger partial charge in [0.25, 0.3) is 0 Å². The second kappa shape index (κ2) is 5.30. The minimum Gasteiger partial charge on any atom is -0.435 e. The molecule has 1 aromatic carbocycles. The third-order valence-corrected chi connectivity index (χ3v) is 4.34. The molecular formula is C12H10N2OS2. The Hall–Kier alpha value is -1.38. The minimum atomic E-state index is 0.396. The molecule has 0 atom stereocenters. The van der Waals surface area contributed by atoms with E-state index in [0.717, 1.165) is 9.75 Å². The van der Waals surface area contributed by atoms with Crippen LogP contribution >= 0.6 is 23.5 Å². The number of oxazole rings is 1. The molecule has 2 rings (SSSR count). The molecule has 0 saturated heterocycles. The lowest BCUT2D eigenvalue weighted by Crippen LogP contribution is -1.84. The lowest BCUT2D eigenvalue weighted by molar-refractivity contribution is 0.586. The van der Waals surface area contributed by atoms with E-state index in [1.165, 1.54) is 23.5 Å². The second-order valence-corrected chi connectivity index (χ2v) is 5.06. The molecule has 0 unspecified atom stereocenters. The molecule has 1 heterocycles. The Morgan fingerprint density at radius 2 is 2.00 bits per heavy atom. The van der Waals surface area contributed by atoms with Gasteiger partial charge in [-0.05, 0) is 24.6 Å². The van der Waals surface area contributed by atoms with E-state index in [-0.39, 0.29) is 0 Å². The molecular weight excluding hydrogens is 252 g/mol. The third-order valence-electron chi connectivity index (χ3n) is 2.19. The first-order valence-corrected chi connectivity index (χ1v) is 7.33. The fourth-order valence-corrected chi connectivity index (χ4v) is 2.79. The fraction of sp³-hybridized carbons (Fsp3) is 0.167. The summed E-state index contributed by atoms with van der Waals surface area (Å²) >= 11 is 3.05. The molecule has 1 aromatic heterocycles. The van der Waals surface area contributed by atoms with Crippen LogP contribution in [0.5, 0.6) is 0 Å². The van der Waals surface area contributed by atoms with Crippen LogP contribution in [-0.2, 0) is 0 Å². The summed E-state index contributed by atoms with van der Waals surface area (Å²) in [4.78, 5) is 4.33. The average molecular weight is 262 g/mol. The summed E-state index contributed by atoms with van der Waals surface area (Å²) in [7, 11) is 0. The number of aromatic nitrogens is 1. The van der Waals surface area contributed by atoms with E-state index in [0.29, 0.717) is 17.0 Å². The quantitative estimate of drug-likeness (QED) is 0.788. The van der Waals surface area contributed by atoms with Gasteiger partial charge in [0.1, 0.15) is 17.2 Å². The average Bonchev–Trinajstić information content (AvgIpc) is 2.78. The van der Waals surface area contributed by atoms with Crippen LogP contribution in [0, 0.1) is 11.3 Å². The molecule has 5 heteroatoms. The highest BCUT2D eigenvalue weighted by Crippen LogP contribution is 2.33. The highest BCUT2D eigenvalue weighted by atomic mass is 32.2. The Morgan fingerprint density at radius 1 is 1.29 bits per heavy atom. The van der Waals surface area contributed by atoms with Gasteiger partial charge in [0, 0.05) is 0 Å². The van der Waals surface area contributed by atoms with Gasteiger partial charge in [-0.3, -0.25) is 0 Å². The van der Waals surface area contributed by atoms with Crippen LogP contribution in [-0.4, -0.2) is 17.5 Å². The SMILES string of the molecule is CSC(SC)=C(C#N)c1nc2ccccc2o1. The predicted octanol–water partition coefficient (Wildman–Crippen LogP) is 3.75. The van der Waals surface area contributed by atoms with Crippen molar-refractivity contribution in [1.82, 2.24) is 4.98 Å². The van der Waals surface area contributed by atoms with Gasteiger partial charge >= 0.3 is 0 Å². The van der Waals surface area contributed by atoms with Crippen molar-refractivity contribution in [2.45, 2.75) is 0 Å². The second-order valence-electron chi connectivity index (χ2n) is 3.17. The first kappa shape index (κ1) is 12.1. The van der Waals surface area contributed by atoms with Gasteiger partial charge in [-0.1, -0.05) is 12.1 Å². The van der Waals surface area contributed by atoms with Crippen LogP contribution in [0.3, 0.4) is 0 Å². The molecule has 3 nitrogen and oxygen atoms in total. The maximum atomic E-state index is 9.20. The van der Waals surface area contributed by atoms with Gasteiger partial charge < -0.3 is 4.42 Å². The first-order chi connectivity index (χ1) is 8.30. The van der Waals surface area contributed by atoms with Crippen LogP contribution in [0.1, 0.15) is 5.89 Å². The lowest BCUT2D eigenvalue weighted by Gasteiger charge is -2.00. The molecule has 0 aliphatic carbocycles. The summed E-state index contributed by atoms with van der Waals surface area (Å²) in [6.07, 6.45) is 3.87. The van der Waals surface area contributed by atoms with E-state index in [4.69, 9.17) is 4.42 Å². The number of hydrogen-bond acceptors (Lipinski definition) is 5. The molecule has 0 spiro atoms. The zero-order valence-electron chi connectivity index (χ0n) is 9.43. The molecule has 0 bridgehead atoms. The van der Waals surface area contributed by atoms with Crippen LogP contribution < -0.4 is 0 Å². The topological polar surface area (TPSA) is 49.8 Å². The lowest BCUT2D eigenvalue weighted by atomic mass is 10.3. The van der Waals surface area contributed by atoms with E-state index in [1.54, 1.807) is 0 Å². The van der Waals surface area contributed by atoms with Crippen molar-refractivity contribution in [3.63, 3.8) is 0 Å². The Kier molecular flexibility index (Phi) is 3.77. The molecule has 86 valence electrons. The Morgan fingerprint density at radius 3 is 2.59 bits per heavy atom. The first-order valence-electron chi connectivity index (χ1n) is 4.88. The van der Waals surface area contributed by atoms with E-state index in [2.05, 4.69) is 11.1 Å². The zero-order valence-corrected chi connectivity index (χ0v) is 11.1. The normalized spacial score (nSPS) is 10.2. The van der Waals surface area contributed by atoms with Crippen molar-refractivity contribution < 1.29 is 4.42 Å². The molecule has 17 heavy (non-hydrogen) atoms. The Bertz CT molecular complexity index is 571. The number of benzene rings is 1. The summed E-state index contributed by atoms with van der Waals surface area (Å²) in [6.45, 7) is 0. The van der Waals surface area contributed by atoms with Gasteiger partial charge in [0.2, 0.25) is 5.89 Å². The number of thioether (sulfide) groups is 2. The molecule has 0 fully saturated rings. The van der Waals surface area contributed by atoms with Gasteiger partial charge in [-0.2, -0.15) is 5.26 Å². The molecule has 0 aliphatic rings. The maximum Gasteiger partial charge on any atom is 0.239 e. The molecule has 0 amide bonds. The third kappa shape index (κ3) is 2.33. The summed E-state index contributed by atoms with van der Waals surface area (Å²) in [5, 5.41) is 9.20. The van der Waals surface area contributed by atoms with Gasteiger partial charge in [-0.25, -0.2) is 4.98 Å². The molecule has 2 aromatic rings. The molecule has 0 aliphatic heterocycles. The zero-order chi connectivity index (χ0) is 12.3. The minimum absolute atomic E-state index is 0.396. The van der Waals surface area contributed by atoms with Crippen molar-refractivity contribution in [2.75, 3.05) is 12.5 Å². The van der Waals surface area contributed by atoms with Crippen molar-refractivity contribution in [1.29, 1.82) is 5.26 Å². The Balaban J connectivity index is 2.59. The van der Waals surface area contributed by atoms with E-state index < -0.39 is 0 Å². The summed E-state index contributed by atoms with van der Waals surface area (Å²) in [5.41, 5.74) is 1.98. The van der Waals surface area contributed by atoms with Crippen LogP contribution in [0.2, 0.25) is 0 Å². The number of fused-ring (bicyclic) bond motifs is 1. The van der Waals surface area contributed by atoms with Gasteiger partial charge in [0.05, 0.1) is 4.24 Å². The monoisotopic (exact) mass is 262 g/mol. The molecule has 0 saturated carbocycles. The predicted molar refractivity (Wildman–Crippen MR) is 73.6 cm³/mol. The van der Waals surface area contributed by atoms with Gasteiger partial charge in [-0.15, -0.1) is 23.5 Å². The fourth-order valence-electron chi connectivity index (χ4n) is 1.45. The smallest absolute Gasteiger partial charge is 0.239 e. The molecule has 0 radical (unpaired) electrons. The van der Waals surface area contributed by atoms with Crippen LogP contribution in [0.25, 0.3) is 16.7 Å². The van der Waals surface area contributed by atoms with Crippen molar-refractivity contribution in [2.24, 2.45) is 0 Å². The number of rotatable bonds is 3. The number of nitriles is 1. The highest BCUT2D eigenvalue weighted by Gasteiger charge is 2.14. The number of para-hydroxylation sites is 2. The number of hydrogen-bond donors (Lipinski definition) is 0. The Labute approximate surface area is 108 Å². The summed E-state index contributed by atoms with van der Waals surface area (Å²) in [5.74, 6) is 0.396. The maximum absolute atomic E-state index is 9.20. The van der Waals surface area contributed by atoms with Crippen molar-refractivity contribution in [3.8, 4) is 6.07 Å². The van der Waals surface area contributed by atoms with E-state index >= 15 is 0 Å². The van der Waals surface area contributed by atoms with E-state index in [1.807, 2.05) is 36.8 Å². The summed E-state index contributed by atoms with van der Waals surface area (Å²) in [6, 6.07) is 9.66. The summed E-state index contributed by atoms with van der Waals surface area (Å²) < 4.78 is 6.50. The standard InChI is InChI=1S/C12H10N2OS2/c1-16-12(17-2)8(7-13)11-14-9-5-3-4-6-10(9)15-11/h3-6H,1-2H3.